The maximum Gasteiger partial charge on any atom is 0.306 e. The van der Waals surface area contributed by atoms with Crippen molar-refractivity contribution in [3.63, 3.8) is 0 Å². The van der Waals surface area contributed by atoms with Gasteiger partial charge in [-0.1, -0.05) is 23.7 Å². The third-order valence-electron chi connectivity index (χ3n) is 4.43. The monoisotopic (exact) mass is 323 g/mol. The highest BCUT2D eigenvalue weighted by Crippen LogP contribution is 2.30. The summed E-state index contributed by atoms with van der Waals surface area (Å²) in [5.41, 5.74) is 0.443. The van der Waals surface area contributed by atoms with Crippen molar-refractivity contribution < 1.29 is 14.7 Å². The summed E-state index contributed by atoms with van der Waals surface area (Å²) in [4.78, 5) is 23.4. The first-order chi connectivity index (χ1) is 10.3. The predicted molar refractivity (Wildman–Crippen MR) is 85.7 cm³/mol. The van der Waals surface area contributed by atoms with E-state index in [9.17, 15) is 9.59 Å². The summed E-state index contributed by atoms with van der Waals surface area (Å²) >= 11 is 6.01. The van der Waals surface area contributed by atoms with Crippen LogP contribution in [0.15, 0.2) is 24.3 Å². The fourth-order valence-electron chi connectivity index (χ4n) is 2.96. The van der Waals surface area contributed by atoms with Gasteiger partial charge in [0.1, 0.15) is 0 Å². The molecule has 1 fully saturated rings. The van der Waals surface area contributed by atoms with Gasteiger partial charge in [-0.25, -0.2) is 0 Å². The Bertz CT molecular complexity index is 563. The normalized spacial score (nSPS) is 22.1. The molecular weight excluding hydrogens is 302 g/mol. The molecule has 1 amide bonds. The highest BCUT2D eigenvalue weighted by atomic mass is 35.5. The van der Waals surface area contributed by atoms with Crippen LogP contribution in [0.4, 0.5) is 0 Å². The largest absolute Gasteiger partial charge is 0.481 e. The molecule has 0 atom stereocenters. The number of rotatable bonds is 4. The molecule has 0 bridgehead atoms. The molecule has 0 radical (unpaired) electrons. The smallest absolute Gasteiger partial charge is 0.306 e. The highest BCUT2D eigenvalue weighted by Gasteiger charge is 2.32. The van der Waals surface area contributed by atoms with E-state index in [0.717, 1.165) is 5.56 Å². The lowest BCUT2D eigenvalue weighted by Gasteiger charge is -2.31. The Morgan fingerprint density at radius 3 is 2.32 bits per heavy atom. The molecule has 1 aromatic rings. The lowest BCUT2D eigenvalue weighted by atomic mass is 9.81. The molecule has 0 spiro atoms. The standard InChI is InChI=1S/C17H22ClNO3/c1-17(2,13-4-3-5-14(18)10-13)19-15(20)11-6-8-12(9-7-11)16(21)22/h3-5,10-12H,6-9H2,1-2H3,(H,19,20)(H,21,22). The molecule has 0 aliphatic heterocycles. The number of carboxylic acids is 1. The molecule has 0 unspecified atom stereocenters. The third kappa shape index (κ3) is 4.01. The zero-order valence-electron chi connectivity index (χ0n) is 12.9. The number of carboxylic acid groups (broad SMARTS) is 1. The molecule has 0 saturated heterocycles. The Morgan fingerprint density at radius 1 is 1.18 bits per heavy atom. The van der Waals surface area contributed by atoms with E-state index in [0.29, 0.717) is 30.7 Å². The SMILES string of the molecule is CC(C)(NC(=O)C1CCC(C(=O)O)CC1)c1cccc(Cl)c1. The highest BCUT2D eigenvalue weighted by molar-refractivity contribution is 6.30. The number of hydrogen-bond acceptors (Lipinski definition) is 2. The molecular formula is C17H22ClNO3. The van der Waals surface area contributed by atoms with Gasteiger partial charge in [0.15, 0.2) is 0 Å². The van der Waals surface area contributed by atoms with Gasteiger partial charge in [0.05, 0.1) is 11.5 Å². The van der Waals surface area contributed by atoms with Crippen LogP contribution < -0.4 is 5.32 Å². The maximum absolute atomic E-state index is 12.5. The van der Waals surface area contributed by atoms with Gasteiger partial charge in [0, 0.05) is 10.9 Å². The van der Waals surface area contributed by atoms with E-state index in [1.807, 2.05) is 32.0 Å². The first-order valence-electron chi connectivity index (χ1n) is 7.60. The van der Waals surface area contributed by atoms with Gasteiger partial charge in [0.25, 0.3) is 0 Å². The van der Waals surface area contributed by atoms with Crippen LogP contribution in [0.1, 0.15) is 45.1 Å². The van der Waals surface area contributed by atoms with Gasteiger partial charge >= 0.3 is 5.97 Å². The quantitative estimate of drug-likeness (QED) is 0.890. The number of hydrogen-bond donors (Lipinski definition) is 2. The van der Waals surface area contributed by atoms with Crippen LogP contribution in [-0.4, -0.2) is 17.0 Å². The Balaban J connectivity index is 1.98. The van der Waals surface area contributed by atoms with Gasteiger partial charge in [-0.15, -0.1) is 0 Å². The Morgan fingerprint density at radius 2 is 1.77 bits per heavy atom. The second kappa shape index (κ2) is 6.69. The third-order valence-corrected chi connectivity index (χ3v) is 4.66. The average Bonchev–Trinajstić information content (AvgIpc) is 2.47. The van der Waals surface area contributed by atoms with E-state index in [-0.39, 0.29) is 17.7 Å². The van der Waals surface area contributed by atoms with Crippen LogP contribution in [-0.2, 0) is 15.1 Å². The predicted octanol–water partition coefficient (Wildman–Crippen LogP) is 3.58. The minimum atomic E-state index is -0.752. The van der Waals surface area contributed by atoms with Crippen molar-refractivity contribution in [3.8, 4) is 0 Å². The zero-order chi connectivity index (χ0) is 16.3. The molecule has 1 aliphatic rings. The van der Waals surface area contributed by atoms with Crippen LogP contribution in [0.25, 0.3) is 0 Å². The summed E-state index contributed by atoms with van der Waals surface area (Å²) in [6.45, 7) is 3.89. The van der Waals surface area contributed by atoms with Crippen molar-refractivity contribution in [2.24, 2.45) is 11.8 Å². The molecule has 4 nitrogen and oxygen atoms in total. The van der Waals surface area contributed by atoms with Crippen molar-refractivity contribution in [2.45, 2.75) is 45.1 Å². The topological polar surface area (TPSA) is 66.4 Å². The number of aliphatic carboxylic acids is 1. The molecule has 120 valence electrons. The number of amides is 1. The van der Waals surface area contributed by atoms with E-state index in [4.69, 9.17) is 16.7 Å². The molecule has 1 saturated carbocycles. The molecule has 1 aromatic carbocycles. The molecule has 0 heterocycles. The van der Waals surface area contributed by atoms with Gasteiger partial charge in [-0.2, -0.15) is 0 Å². The summed E-state index contributed by atoms with van der Waals surface area (Å²) in [5, 5.41) is 12.7. The molecule has 2 N–H and O–H groups in total. The van der Waals surface area contributed by atoms with Crippen molar-refractivity contribution in [1.82, 2.24) is 5.32 Å². The molecule has 0 aromatic heterocycles. The Labute approximate surface area is 135 Å². The van der Waals surface area contributed by atoms with Gasteiger partial charge in [-0.05, 0) is 57.2 Å². The average molecular weight is 324 g/mol. The Kier molecular flexibility index (Phi) is 5.12. The van der Waals surface area contributed by atoms with Crippen LogP contribution in [0.5, 0.6) is 0 Å². The van der Waals surface area contributed by atoms with Crippen LogP contribution >= 0.6 is 11.6 Å². The van der Waals surface area contributed by atoms with E-state index >= 15 is 0 Å². The van der Waals surface area contributed by atoms with E-state index < -0.39 is 11.5 Å². The van der Waals surface area contributed by atoms with E-state index in [1.54, 1.807) is 6.07 Å². The lowest BCUT2D eigenvalue weighted by Crippen LogP contribution is -2.45. The number of benzene rings is 1. The van der Waals surface area contributed by atoms with Crippen LogP contribution in [0.3, 0.4) is 0 Å². The molecule has 5 heteroatoms. The fourth-order valence-corrected chi connectivity index (χ4v) is 3.15. The number of carbonyl (C=O) groups excluding carboxylic acids is 1. The van der Waals surface area contributed by atoms with E-state index in [2.05, 4.69) is 5.32 Å². The number of halogens is 1. The summed E-state index contributed by atoms with van der Waals surface area (Å²) in [7, 11) is 0. The number of nitrogens with one attached hydrogen (secondary N) is 1. The molecule has 1 aliphatic carbocycles. The van der Waals surface area contributed by atoms with Gasteiger partial charge in [0.2, 0.25) is 5.91 Å². The van der Waals surface area contributed by atoms with Gasteiger partial charge < -0.3 is 10.4 Å². The van der Waals surface area contributed by atoms with Crippen LogP contribution in [0.2, 0.25) is 5.02 Å². The van der Waals surface area contributed by atoms with Crippen molar-refractivity contribution in [3.05, 3.63) is 34.9 Å². The minimum Gasteiger partial charge on any atom is -0.481 e. The van der Waals surface area contributed by atoms with Crippen molar-refractivity contribution >= 4 is 23.5 Å². The summed E-state index contributed by atoms with van der Waals surface area (Å²) in [6.07, 6.45) is 2.42. The zero-order valence-corrected chi connectivity index (χ0v) is 13.7. The maximum atomic E-state index is 12.5. The summed E-state index contributed by atoms with van der Waals surface area (Å²) in [5.74, 6) is -1.16. The summed E-state index contributed by atoms with van der Waals surface area (Å²) in [6, 6.07) is 7.45. The Hall–Kier alpha value is -1.55. The second-order valence-corrected chi connectivity index (χ2v) is 6.95. The van der Waals surface area contributed by atoms with Crippen molar-refractivity contribution in [1.29, 1.82) is 0 Å². The molecule has 22 heavy (non-hydrogen) atoms. The lowest BCUT2D eigenvalue weighted by molar-refractivity contribution is -0.144. The first-order valence-corrected chi connectivity index (χ1v) is 7.98. The van der Waals surface area contributed by atoms with Crippen molar-refractivity contribution in [2.75, 3.05) is 0 Å². The second-order valence-electron chi connectivity index (χ2n) is 6.51. The minimum absolute atomic E-state index is 0.00573. The van der Waals surface area contributed by atoms with Gasteiger partial charge in [-0.3, -0.25) is 9.59 Å². The van der Waals surface area contributed by atoms with Crippen LogP contribution in [0, 0.1) is 11.8 Å². The first kappa shape index (κ1) is 16.8. The fraction of sp³-hybridized carbons (Fsp3) is 0.529. The molecule has 2 rings (SSSR count). The summed E-state index contributed by atoms with van der Waals surface area (Å²) < 4.78 is 0. The number of carbonyl (C=O) groups is 2. The van der Waals surface area contributed by atoms with E-state index in [1.165, 1.54) is 0 Å².